The molecule has 1 amide bonds. The number of amidine groups is 2. The number of hydroxylamine groups is 2. The van der Waals surface area contributed by atoms with E-state index in [4.69, 9.17) is 33.9 Å². The van der Waals surface area contributed by atoms with Crippen LogP contribution in [0, 0.1) is 5.41 Å². The zero-order chi connectivity index (χ0) is 24.9. The summed E-state index contributed by atoms with van der Waals surface area (Å²) in [6, 6.07) is 10.7. The SMILES string of the molecule is COc1ccccc1OCCOc1c(OC)cc(/C=C2/C(=N)N3OC(C)=CC3=NC2=O)cc1OC. The number of nitrogens with zero attached hydrogens (tertiary/aromatic N) is 2. The van der Waals surface area contributed by atoms with E-state index in [1.807, 2.05) is 24.3 Å². The zero-order valence-corrected chi connectivity index (χ0v) is 19.8. The maximum atomic E-state index is 12.6. The van der Waals surface area contributed by atoms with Gasteiger partial charge in [-0.05, 0) is 42.8 Å². The van der Waals surface area contributed by atoms with Gasteiger partial charge >= 0.3 is 0 Å². The van der Waals surface area contributed by atoms with Crippen LogP contribution in [-0.4, -0.2) is 57.2 Å². The molecule has 1 N–H and O–H groups in total. The molecule has 0 saturated carbocycles. The maximum absolute atomic E-state index is 12.6. The summed E-state index contributed by atoms with van der Waals surface area (Å²) in [6.07, 6.45) is 3.13. The molecule has 0 radical (unpaired) electrons. The van der Waals surface area contributed by atoms with Crippen molar-refractivity contribution in [1.29, 1.82) is 5.41 Å². The largest absolute Gasteiger partial charge is 0.493 e. The van der Waals surface area contributed by atoms with Gasteiger partial charge in [-0.1, -0.05) is 12.1 Å². The van der Waals surface area contributed by atoms with E-state index in [-0.39, 0.29) is 30.5 Å². The summed E-state index contributed by atoms with van der Waals surface area (Å²) >= 11 is 0. The number of rotatable bonds is 9. The number of aliphatic imine (C=N–C) groups is 1. The first-order chi connectivity index (χ1) is 16.9. The highest BCUT2D eigenvalue weighted by Crippen LogP contribution is 2.39. The van der Waals surface area contributed by atoms with E-state index in [9.17, 15) is 4.79 Å². The fourth-order valence-electron chi connectivity index (χ4n) is 3.53. The first-order valence-corrected chi connectivity index (χ1v) is 10.7. The van der Waals surface area contributed by atoms with Crippen molar-refractivity contribution in [1.82, 2.24) is 5.06 Å². The molecule has 2 aliphatic rings. The normalized spacial score (nSPS) is 15.8. The molecule has 2 heterocycles. The third-order valence-electron chi connectivity index (χ3n) is 5.13. The van der Waals surface area contributed by atoms with Crippen LogP contribution in [0.15, 0.2) is 58.8 Å². The van der Waals surface area contributed by atoms with Crippen molar-refractivity contribution in [3.8, 4) is 28.7 Å². The average molecular weight is 479 g/mol. The monoisotopic (exact) mass is 479 g/mol. The number of carbonyl (C=O) groups excluding carboxylic acids is 1. The molecule has 0 atom stereocenters. The molecule has 2 aromatic rings. The summed E-state index contributed by atoms with van der Waals surface area (Å²) in [4.78, 5) is 22.0. The van der Waals surface area contributed by atoms with E-state index < -0.39 is 5.91 Å². The maximum Gasteiger partial charge on any atom is 0.282 e. The summed E-state index contributed by atoms with van der Waals surface area (Å²) in [5.74, 6) is 2.58. The Balaban J connectivity index is 1.52. The van der Waals surface area contributed by atoms with E-state index >= 15 is 0 Å². The molecule has 35 heavy (non-hydrogen) atoms. The van der Waals surface area contributed by atoms with Gasteiger partial charge in [-0.15, -0.1) is 5.06 Å². The standard InChI is InChI=1S/C25H25N3O7/c1-15-11-22-27-25(29)17(24(26)28(22)35-15)12-16-13-20(31-3)23(21(14-16)32-4)34-10-9-33-19-8-6-5-7-18(19)30-2/h5-8,11-14,26H,9-10H2,1-4H3/b17-12-,26-24?. The Morgan fingerprint density at radius 1 is 0.971 bits per heavy atom. The Morgan fingerprint density at radius 3 is 2.26 bits per heavy atom. The molecule has 0 aromatic heterocycles. The second kappa shape index (κ2) is 10.2. The Labute approximate surface area is 202 Å². The van der Waals surface area contributed by atoms with E-state index in [0.29, 0.717) is 40.1 Å². The van der Waals surface area contributed by atoms with Crippen LogP contribution in [0.5, 0.6) is 28.7 Å². The number of fused-ring (bicyclic) bond motifs is 1. The highest BCUT2D eigenvalue weighted by Gasteiger charge is 2.34. The average Bonchev–Trinajstić information content (AvgIpc) is 3.24. The van der Waals surface area contributed by atoms with Crippen LogP contribution in [0.3, 0.4) is 0 Å². The van der Waals surface area contributed by atoms with Crippen molar-refractivity contribution in [2.45, 2.75) is 6.92 Å². The fraction of sp³-hybridized carbons (Fsp3) is 0.240. The molecule has 0 fully saturated rings. The molecular weight excluding hydrogens is 454 g/mol. The highest BCUT2D eigenvalue weighted by atomic mass is 16.7. The van der Waals surface area contributed by atoms with Crippen LogP contribution < -0.4 is 23.7 Å². The molecule has 4 rings (SSSR count). The lowest BCUT2D eigenvalue weighted by atomic mass is 10.1. The van der Waals surface area contributed by atoms with E-state index in [1.165, 1.54) is 25.4 Å². The van der Waals surface area contributed by atoms with Crippen molar-refractivity contribution in [3.05, 3.63) is 59.4 Å². The Bertz CT molecular complexity index is 1220. The number of nitrogens with one attached hydrogen (secondary N) is 1. The van der Waals surface area contributed by atoms with Gasteiger partial charge in [0.1, 0.15) is 19.0 Å². The quantitative estimate of drug-likeness (QED) is 0.429. The molecule has 0 unspecified atom stereocenters. The third kappa shape index (κ3) is 4.91. The Morgan fingerprint density at radius 2 is 1.60 bits per heavy atom. The van der Waals surface area contributed by atoms with Crippen LogP contribution in [0.25, 0.3) is 6.08 Å². The summed E-state index contributed by atoms with van der Waals surface area (Å²) in [5, 5.41) is 9.59. The van der Waals surface area contributed by atoms with Crippen LogP contribution in [-0.2, 0) is 9.63 Å². The Kier molecular flexibility index (Phi) is 6.91. The van der Waals surface area contributed by atoms with Crippen LogP contribution in [0.4, 0.5) is 0 Å². The fourth-order valence-corrected chi connectivity index (χ4v) is 3.53. The highest BCUT2D eigenvalue weighted by molar-refractivity contribution is 6.32. The topological polar surface area (TPSA) is 112 Å². The van der Waals surface area contributed by atoms with Crippen LogP contribution in [0.1, 0.15) is 12.5 Å². The first kappa shape index (κ1) is 23.7. The number of benzene rings is 2. The van der Waals surface area contributed by atoms with Gasteiger partial charge < -0.3 is 28.5 Å². The summed E-state index contributed by atoms with van der Waals surface area (Å²) < 4.78 is 27.9. The number of carbonyl (C=O) groups is 1. The number of hydrogen-bond acceptors (Lipinski definition) is 8. The van der Waals surface area contributed by atoms with Crippen LogP contribution >= 0.6 is 0 Å². The first-order valence-electron chi connectivity index (χ1n) is 10.7. The van der Waals surface area contributed by atoms with Gasteiger partial charge in [0.05, 0.1) is 26.9 Å². The van der Waals surface area contributed by atoms with Gasteiger partial charge in [-0.3, -0.25) is 10.2 Å². The number of hydrogen-bond donors (Lipinski definition) is 1. The number of amides is 1. The third-order valence-corrected chi connectivity index (χ3v) is 5.13. The molecule has 182 valence electrons. The molecule has 2 aliphatic heterocycles. The summed E-state index contributed by atoms with van der Waals surface area (Å²) in [5.41, 5.74) is 0.631. The van der Waals surface area contributed by atoms with Gasteiger partial charge in [-0.25, -0.2) is 0 Å². The predicted octanol–water partition coefficient (Wildman–Crippen LogP) is 3.62. The van der Waals surface area contributed by atoms with Gasteiger partial charge in [0.25, 0.3) is 5.91 Å². The molecule has 0 saturated heterocycles. The van der Waals surface area contributed by atoms with Crippen molar-refractivity contribution in [2.24, 2.45) is 4.99 Å². The van der Waals surface area contributed by atoms with Crippen molar-refractivity contribution >= 4 is 23.7 Å². The number of ether oxygens (including phenoxy) is 5. The molecule has 0 aliphatic carbocycles. The van der Waals surface area contributed by atoms with Crippen LogP contribution in [0.2, 0.25) is 0 Å². The second-order valence-electron chi connectivity index (χ2n) is 7.42. The lowest BCUT2D eigenvalue weighted by Gasteiger charge is -2.23. The molecular formula is C25H25N3O7. The Hall–Kier alpha value is -4.47. The van der Waals surface area contributed by atoms with Crippen molar-refractivity contribution in [3.63, 3.8) is 0 Å². The van der Waals surface area contributed by atoms with Gasteiger partial charge in [0.15, 0.2) is 34.7 Å². The molecule has 0 spiro atoms. The van der Waals surface area contributed by atoms with Crippen molar-refractivity contribution < 1.29 is 33.3 Å². The lowest BCUT2D eigenvalue weighted by molar-refractivity contribution is -0.114. The molecule has 0 bridgehead atoms. The number of para-hydroxylation sites is 2. The predicted molar refractivity (Wildman–Crippen MR) is 128 cm³/mol. The lowest BCUT2D eigenvalue weighted by Crippen LogP contribution is -2.38. The number of allylic oxidation sites excluding steroid dienone is 1. The zero-order valence-electron chi connectivity index (χ0n) is 19.8. The molecule has 10 nitrogen and oxygen atoms in total. The minimum Gasteiger partial charge on any atom is -0.493 e. The van der Waals surface area contributed by atoms with Gasteiger partial charge in [0, 0.05) is 6.08 Å². The van der Waals surface area contributed by atoms with Crippen molar-refractivity contribution in [2.75, 3.05) is 34.5 Å². The molecule has 2 aromatic carbocycles. The molecule has 10 heteroatoms. The van der Waals surface area contributed by atoms with E-state index in [1.54, 1.807) is 32.2 Å². The van der Waals surface area contributed by atoms with Gasteiger partial charge in [0.2, 0.25) is 5.75 Å². The van der Waals surface area contributed by atoms with Gasteiger partial charge in [-0.2, -0.15) is 4.99 Å². The minimum atomic E-state index is -0.539. The summed E-state index contributed by atoms with van der Waals surface area (Å²) in [6.45, 7) is 2.19. The minimum absolute atomic E-state index is 0.0693. The number of methoxy groups -OCH3 is 3. The second-order valence-corrected chi connectivity index (χ2v) is 7.42. The summed E-state index contributed by atoms with van der Waals surface area (Å²) in [7, 11) is 4.58. The van der Waals surface area contributed by atoms with E-state index in [2.05, 4.69) is 4.99 Å². The van der Waals surface area contributed by atoms with E-state index in [0.717, 1.165) is 0 Å². The smallest absolute Gasteiger partial charge is 0.282 e.